The zero-order chi connectivity index (χ0) is 11.4. The Bertz CT molecular complexity index is 404. The van der Waals surface area contributed by atoms with Gasteiger partial charge in [0.15, 0.2) is 4.99 Å². The van der Waals surface area contributed by atoms with Crippen molar-refractivity contribution in [3.05, 3.63) is 18.5 Å². The number of aromatic nitrogens is 2. The minimum Gasteiger partial charge on any atom is -0.352 e. The molecule has 0 N–H and O–H groups in total. The Morgan fingerprint density at radius 3 is 2.44 bits per heavy atom. The van der Waals surface area contributed by atoms with Crippen LogP contribution in [0.25, 0.3) is 0 Å². The lowest BCUT2D eigenvalue weighted by atomic mass is 10.3. The topological polar surface area (TPSA) is 32.3 Å². The Morgan fingerprint density at radius 2 is 1.88 bits per heavy atom. The standard InChI is InChI=1S/C11H12N4S/c1-2-10(16)14-6-8-15(9-7-14)11-12-4-3-5-13-11/h1,3-5H,6-9H2. The van der Waals surface area contributed by atoms with E-state index in [1.807, 2.05) is 11.0 Å². The summed E-state index contributed by atoms with van der Waals surface area (Å²) in [6.45, 7) is 3.38. The summed E-state index contributed by atoms with van der Waals surface area (Å²) in [5.41, 5.74) is 0. The van der Waals surface area contributed by atoms with E-state index in [1.165, 1.54) is 0 Å². The average Bonchev–Trinajstić information content (AvgIpc) is 2.39. The summed E-state index contributed by atoms with van der Waals surface area (Å²) in [6.07, 6.45) is 8.78. The lowest BCUT2D eigenvalue weighted by Gasteiger charge is -2.34. The number of anilines is 1. The minimum absolute atomic E-state index is 0.591. The maximum absolute atomic E-state index is 5.28. The van der Waals surface area contributed by atoms with Crippen LogP contribution in [0.3, 0.4) is 0 Å². The average molecular weight is 232 g/mol. The van der Waals surface area contributed by atoms with Gasteiger partial charge in [0.05, 0.1) is 0 Å². The van der Waals surface area contributed by atoms with Crippen LogP contribution in [-0.2, 0) is 0 Å². The molecule has 4 nitrogen and oxygen atoms in total. The molecule has 1 aliphatic heterocycles. The molecule has 0 atom stereocenters. The van der Waals surface area contributed by atoms with Crippen molar-refractivity contribution in [3.63, 3.8) is 0 Å². The van der Waals surface area contributed by atoms with Gasteiger partial charge < -0.3 is 9.80 Å². The minimum atomic E-state index is 0.591. The van der Waals surface area contributed by atoms with Crippen molar-refractivity contribution < 1.29 is 0 Å². The molecule has 1 aliphatic rings. The molecule has 2 rings (SSSR count). The van der Waals surface area contributed by atoms with Crippen molar-refractivity contribution in [1.82, 2.24) is 14.9 Å². The van der Waals surface area contributed by atoms with Crippen molar-refractivity contribution in [2.45, 2.75) is 0 Å². The Hall–Kier alpha value is -1.67. The number of hydrogen-bond acceptors (Lipinski definition) is 4. The molecule has 0 saturated carbocycles. The van der Waals surface area contributed by atoms with E-state index in [1.54, 1.807) is 12.4 Å². The van der Waals surface area contributed by atoms with Crippen LogP contribution in [-0.4, -0.2) is 46.0 Å². The monoisotopic (exact) mass is 232 g/mol. The molecule has 1 aromatic heterocycles. The van der Waals surface area contributed by atoms with Crippen LogP contribution in [0.5, 0.6) is 0 Å². The van der Waals surface area contributed by atoms with Crippen LogP contribution in [0.15, 0.2) is 18.5 Å². The number of thiocarbonyl (C=S) groups is 1. The Kier molecular flexibility index (Phi) is 3.32. The summed E-state index contributed by atoms with van der Waals surface area (Å²) < 4.78 is 0. The lowest BCUT2D eigenvalue weighted by Crippen LogP contribution is -2.48. The zero-order valence-electron chi connectivity index (χ0n) is 8.83. The van der Waals surface area contributed by atoms with E-state index in [-0.39, 0.29) is 0 Å². The van der Waals surface area contributed by atoms with E-state index in [9.17, 15) is 0 Å². The second-order valence-electron chi connectivity index (χ2n) is 3.47. The number of terminal acetylenes is 1. The summed E-state index contributed by atoms with van der Waals surface area (Å²) in [4.78, 5) is 13.2. The number of hydrogen-bond donors (Lipinski definition) is 0. The summed E-state index contributed by atoms with van der Waals surface area (Å²) in [7, 11) is 0. The van der Waals surface area contributed by atoms with Gasteiger partial charge in [0.25, 0.3) is 0 Å². The van der Waals surface area contributed by atoms with Gasteiger partial charge in [-0.1, -0.05) is 12.2 Å². The molecule has 0 bridgehead atoms. The van der Waals surface area contributed by atoms with Crippen molar-refractivity contribution in [2.75, 3.05) is 31.1 Å². The molecule has 0 unspecified atom stereocenters. The maximum Gasteiger partial charge on any atom is 0.225 e. The van der Waals surface area contributed by atoms with Gasteiger partial charge >= 0.3 is 0 Å². The number of nitrogens with zero attached hydrogens (tertiary/aromatic N) is 4. The fraction of sp³-hybridized carbons (Fsp3) is 0.364. The molecule has 2 heterocycles. The van der Waals surface area contributed by atoms with Gasteiger partial charge in [-0.15, -0.1) is 6.42 Å². The predicted octanol–water partition coefficient (Wildman–Crippen LogP) is 0.559. The van der Waals surface area contributed by atoms with Crippen LogP contribution < -0.4 is 4.90 Å². The van der Waals surface area contributed by atoms with E-state index >= 15 is 0 Å². The van der Waals surface area contributed by atoms with Gasteiger partial charge in [0.1, 0.15) is 0 Å². The molecule has 1 fully saturated rings. The number of piperazine rings is 1. The first-order chi connectivity index (χ1) is 7.81. The third-order valence-electron chi connectivity index (χ3n) is 2.53. The van der Waals surface area contributed by atoms with E-state index < -0.39 is 0 Å². The van der Waals surface area contributed by atoms with Crippen LogP contribution in [0, 0.1) is 12.3 Å². The molecule has 0 aliphatic carbocycles. The van der Waals surface area contributed by atoms with E-state index in [2.05, 4.69) is 20.8 Å². The predicted molar refractivity (Wildman–Crippen MR) is 67.2 cm³/mol. The molecule has 0 amide bonds. The molecule has 0 aromatic carbocycles. The van der Waals surface area contributed by atoms with Gasteiger partial charge in [-0.05, 0) is 12.0 Å². The zero-order valence-corrected chi connectivity index (χ0v) is 9.65. The third kappa shape index (κ3) is 2.28. The fourth-order valence-corrected chi connectivity index (χ4v) is 1.84. The summed E-state index contributed by atoms with van der Waals surface area (Å²) >= 11 is 5.07. The maximum atomic E-state index is 5.28. The number of rotatable bonds is 1. The lowest BCUT2D eigenvalue weighted by molar-refractivity contribution is 0.391. The van der Waals surface area contributed by atoms with Crippen molar-refractivity contribution >= 4 is 23.2 Å². The van der Waals surface area contributed by atoms with Gasteiger partial charge in [0.2, 0.25) is 5.95 Å². The van der Waals surface area contributed by atoms with Crippen molar-refractivity contribution in [3.8, 4) is 12.3 Å². The second kappa shape index (κ2) is 4.90. The SMILES string of the molecule is C#CC(=S)N1CCN(c2ncccn2)CC1. The first-order valence-electron chi connectivity index (χ1n) is 5.09. The third-order valence-corrected chi connectivity index (χ3v) is 2.90. The van der Waals surface area contributed by atoms with Crippen molar-refractivity contribution in [2.24, 2.45) is 0 Å². The molecule has 0 radical (unpaired) electrons. The van der Waals surface area contributed by atoms with Crippen LogP contribution in [0.1, 0.15) is 0 Å². The molecular weight excluding hydrogens is 220 g/mol. The summed E-state index contributed by atoms with van der Waals surface area (Å²) in [5.74, 6) is 3.27. The summed E-state index contributed by atoms with van der Waals surface area (Å²) in [6, 6.07) is 1.81. The molecule has 82 valence electrons. The smallest absolute Gasteiger partial charge is 0.225 e. The van der Waals surface area contributed by atoms with Crippen LogP contribution in [0.2, 0.25) is 0 Å². The van der Waals surface area contributed by atoms with Gasteiger partial charge in [-0.2, -0.15) is 0 Å². The molecule has 16 heavy (non-hydrogen) atoms. The fourth-order valence-electron chi connectivity index (χ4n) is 1.66. The first kappa shape index (κ1) is 10.8. The van der Waals surface area contributed by atoms with Crippen LogP contribution >= 0.6 is 12.2 Å². The van der Waals surface area contributed by atoms with Crippen molar-refractivity contribution in [1.29, 1.82) is 0 Å². The quantitative estimate of drug-likeness (QED) is 0.522. The molecule has 1 aromatic rings. The van der Waals surface area contributed by atoms with Gasteiger partial charge in [-0.25, -0.2) is 9.97 Å². The first-order valence-corrected chi connectivity index (χ1v) is 5.49. The van der Waals surface area contributed by atoms with Gasteiger partial charge in [0, 0.05) is 38.6 Å². The molecule has 1 saturated heterocycles. The van der Waals surface area contributed by atoms with Crippen LogP contribution in [0.4, 0.5) is 5.95 Å². The van der Waals surface area contributed by atoms with Gasteiger partial charge in [-0.3, -0.25) is 0 Å². The highest BCUT2D eigenvalue weighted by Crippen LogP contribution is 2.09. The second-order valence-corrected chi connectivity index (χ2v) is 3.86. The Labute approximate surface area is 100 Å². The highest BCUT2D eigenvalue weighted by atomic mass is 32.1. The molecule has 5 heteroatoms. The molecular formula is C11H12N4S. The highest BCUT2D eigenvalue weighted by Gasteiger charge is 2.19. The Morgan fingerprint density at radius 1 is 1.25 bits per heavy atom. The summed E-state index contributed by atoms with van der Waals surface area (Å²) in [5, 5.41) is 0. The Balaban J connectivity index is 1.96. The van der Waals surface area contributed by atoms with E-state index in [0.717, 1.165) is 32.1 Å². The van der Waals surface area contributed by atoms with E-state index in [0.29, 0.717) is 4.99 Å². The van der Waals surface area contributed by atoms with E-state index in [4.69, 9.17) is 18.6 Å². The highest BCUT2D eigenvalue weighted by molar-refractivity contribution is 7.80. The largest absolute Gasteiger partial charge is 0.352 e. The normalized spacial score (nSPS) is 15.7. The molecule has 0 spiro atoms.